The average Bonchev–Trinajstić information content (AvgIpc) is 2.94. The lowest BCUT2D eigenvalue weighted by Gasteiger charge is -2.21. The first-order valence-electron chi connectivity index (χ1n) is 8.04. The molecule has 3 aromatic rings. The van der Waals surface area contributed by atoms with Gasteiger partial charge in [-0.1, -0.05) is 12.1 Å². The molecule has 2 heterocycles. The minimum absolute atomic E-state index is 0.494. The van der Waals surface area contributed by atoms with Gasteiger partial charge < -0.3 is 15.8 Å². The summed E-state index contributed by atoms with van der Waals surface area (Å²) in [5.41, 5.74) is 9.67. The van der Waals surface area contributed by atoms with Crippen LogP contribution in [0.5, 0.6) is 0 Å². The number of pyridine rings is 1. The van der Waals surface area contributed by atoms with Crippen LogP contribution in [0.15, 0.2) is 42.7 Å². The van der Waals surface area contributed by atoms with Gasteiger partial charge in [-0.15, -0.1) is 0 Å². The maximum atomic E-state index is 11.0. The summed E-state index contributed by atoms with van der Waals surface area (Å²) in [6.45, 7) is 5.54. The summed E-state index contributed by atoms with van der Waals surface area (Å²) in [5, 5.41) is 11.3. The number of carbonyl (C=O) groups excluding carboxylic acids is 1. The molecule has 0 unspecified atom stereocenters. The molecule has 0 atom stereocenters. The first kappa shape index (κ1) is 16.9. The van der Waals surface area contributed by atoms with Crippen LogP contribution in [0.2, 0.25) is 0 Å². The Morgan fingerprint density at radius 1 is 1.28 bits per heavy atom. The second-order valence-corrected chi connectivity index (χ2v) is 6.69. The third-order valence-electron chi connectivity index (χ3n) is 4.22. The summed E-state index contributed by atoms with van der Waals surface area (Å²) >= 11 is 0. The second kappa shape index (κ2) is 6.18. The number of aromatic amines is 1. The molecule has 0 bridgehead atoms. The lowest BCUT2D eigenvalue weighted by atomic mass is 9.90. The zero-order valence-corrected chi connectivity index (χ0v) is 14.5. The molecule has 0 fully saturated rings. The van der Waals surface area contributed by atoms with Crippen LogP contribution in [0.4, 0.5) is 0 Å². The van der Waals surface area contributed by atoms with Gasteiger partial charge in [-0.25, -0.2) is 4.98 Å². The first-order chi connectivity index (χ1) is 11.8. The van der Waals surface area contributed by atoms with Gasteiger partial charge in [-0.3, -0.25) is 4.79 Å². The third kappa shape index (κ3) is 3.46. The van der Waals surface area contributed by atoms with Gasteiger partial charge in [0, 0.05) is 35.0 Å². The molecular formula is C20H21N3O2. The molecule has 0 spiro atoms. The number of nitrogens with two attached hydrogens (primary N) is 1. The van der Waals surface area contributed by atoms with Gasteiger partial charge >= 0.3 is 0 Å². The summed E-state index contributed by atoms with van der Waals surface area (Å²) in [7, 11) is 0. The highest BCUT2D eigenvalue weighted by atomic mass is 16.3. The maximum Gasteiger partial charge on any atom is 0.241 e. The van der Waals surface area contributed by atoms with Crippen molar-refractivity contribution in [1.29, 1.82) is 0 Å². The van der Waals surface area contributed by atoms with Crippen molar-refractivity contribution in [2.24, 2.45) is 5.73 Å². The van der Waals surface area contributed by atoms with Crippen LogP contribution in [0.3, 0.4) is 0 Å². The molecule has 4 N–H and O–H groups in total. The van der Waals surface area contributed by atoms with Crippen LogP contribution in [0.1, 0.15) is 30.5 Å². The molecule has 5 nitrogen and oxygen atoms in total. The van der Waals surface area contributed by atoms with Crippen LogP contribution in [-0.4, -0.2) is 21.0 Å². The minimum atomic E-state index is -0.916. The molecule has 0 aliphatic rings. The third-order valence-corrected chi connectivity index (χ3v) is 4.22. The Labute approximate surface area is 146 Å². The van der Waals surface area contributed by atoms with Gasteiger partial charge in [0.2, 0.25) is 5.91 Å². The lowest BCUT2D eigenvalue weighted by molar-refractivity contribution is -0.113. The molecule has 2 aromatic heterocycles. The predicted octanol–water partition coefficient (Wildman–Crippen LogP) is 3.26. The van der Waals surface area contributed by atoms with Gasteiger partial charge in [0.05, 0.1) is 5.60 Å². The van der Waals surface area contributed by atoms with Crippen LogP contribution in [-0.2, 0) is 10.4 Å². The summed E-state index contributed by atoms with van der Waals surface area (Å²) in [4.78, 5) is 18.5. The van der Waals surface area contributed by atoms with Crippen molar-refractivity contribution in [3.63, 3.8) is 0 Å². The fourth-order valence-corrected chi connectivity index (χ4v) is 2.95. The van der Waals surface area contributed by atoms with Crippen LogP contribution < -0.4 is 5.73 Å². The Hall–Kier alpha value is -2.92. The zero-order valence-electron chi connectivity index (χ0n) is 14.5. The fraction of sp³-hybridized carbons (Fsp3) is 0.200. The summed E-state index contributed by atoms with van der Waals surface area (Å²) in [5.74, 6) is -0.494. The van der Waals surface area contributed by atoms with Crippen LogP contribution in [0, 0.1) is 6.92 Å². The maximum absolute atomic E-state index is 11.0. The number of nitrogens with zero attached hydrogens (tertiary/aromatic N) is 1. The van der Waals surface area contributed by atoms with E-state index in [1.165, 1.54) is 6.08 Å². The molecule has 128 valence electrons. The number of primary amides is 1. The van der Waals surface area contributed by atoms with Gasteiger partial charge in [-0.05, 0) is 55.7 Å². The Balaban J connectivity index is 2.11. The molecule has 25 heavy (non-hydrogen) atoms. The zero-order chi connectivity index (χ0) is 18.2. The Morgan fingerprint density at radius 3 is 2.72 bits per heavy atom. The Kier molecular flexibility index (Phi) is 4.18. The van der Waals surface area contributed by atoms with Gasteiger partial charge in [-0.2, -0.15) is 0 Å². The van der Waals surface area contributed by atoms with Gasteiger partial charge in [0.25, 0.3) is 0 Å². The average molecular weight is 335 g/mol. The highest BCUT2D eigenvalue weighted by molar-refractivity contribution is 5.95. The number of aliphatic hydroxyl groups is 1. The Bertz CT molecular complexity index is 978. The minimum Gasteiger partial charge on any atom is -0.386 e. The van der Waals surface area contributed by atoms with Gasteiger partial charge in [0.15, 0.2) is 0 Å². The number of hydrogen-bond donors (Lipinski definition) is 3. The number of hydrogen-bond acceptors (Lipinski definition) is 3. The van der Waals surface area contributed by atoms with Crippen LogP contribution >= 0.6 is 0 Å². The van der Waals surface area contributed by atoms with Crippen molar-refractivity contribution < 1.29 is 9.90 Å². The summed E-state index contributed by atoms with van der Waals surface area (Å²) in [6.07, 6.45) is 6.58. The SMILES string of the molecule is Cc1ccc(-c2cnc3[nH]cc(/C=C/C(N)=O)c3c2)cc1C(C)(C)O. The molecular weight excluding hydrogens is 314 g/mol. The van der Waals surface area contributed by atoms with Crippen molar-refractivity contribution >= 4 is 23.0 Å². The smallest absolute Gasteiger partial charge is 0.241 e. The van der Waals surface area contributed by atoms with Crippen molar-refractivity contribution in [2.75, 3.05) is 0 Å². The molecule has 0 aliphatic heterocycles. The number of carbonyl (C=O) groups is 1. The number of benzene rings is 1. The van der Waals surface area contributed by atoms with Crippen molar-refractivity contribution in [2.45, 2.75) is 26.4 Å². The molecule has 1 aromatic carbocycles. The van der Waals surface area contributed by atoms with E-state index >= 15 is 0 Å². The largest absolute Gasteiger partial charge is 0.386 e. The van der Waals surface area contributed by atoms with E-state index in [0.29, 0.717) is 0 Å². The number of aryl methyl sites for hydroxylation is 1. The van der Waals surface area contributed by atoms with E-state index in [4.69, 9.17) is 5.73 Å². The van der Waals surface area contributed by atoms with E-state index in [0.717, 1.165) is 38.9 Å². The monoisotopic (exact) mass is 335 g/mol. The van der Waals surface area contributed by atoms with E-state index in [2.05, 4.69) is 9.97 Å². The molecule has 0 aliphatic carbocycles. The number of fused-ring (bicyclic) bond motifs is 1. The number of nitrogens with one attached hydrogen (secondary N) is 1. The molecule has 0 saturated carbocycles. The van der Waals surface area contributed by atoms with E-state index in [9.17, 15) is 9.90 Å². The van der Waals surface area contributed by atoms with E-state index in [1.54, 1.807) is 32.3 Å². The van der Waals surface area contributed by atoms with Crippen molar-refractivity contribution in [1.82, 2.24) is 9.97 Å². The number of amides is 1. The molecule has 0 saturated heterocycles. The molecule has 5 heteroatoms. The van der Waals surface area contributed by atoms with Crippen LogP contribution in [0.25, 0.3) is 28.2 Å². The quantitative estimate of drug-likeness (QED) is 0.639. The van der Waals surface area contributed by atoms with Crippen molar-refractivity contribution in [3.8, 4) is 11.1 Å². The fourth-order valence-electron chi connectivity index (χ4n) is 2.95. The summed E-state index contributed by atoms with van der Waals surface area (Å²) in [6, 6.07) is 8.01. The normalized spacial score (nSPS) is 12.2. The number of rotatable bonds is 4. The lowest BCUT2D eigenvalue weighted by Crippen LogP contribution is -2.17. The topological polar surface area (TPSA) is 92.0 Å². The number of H-pyrrole nitrogens is 1. The Morgan fingerprint density at radius 2 is 2.04 bits per heavy atom. The second-order valence-electron chi connectivity index (χ2n) is 6.69. The standard InChI is InChI=1S/C20H21N3O2/c1-12-4-5-13(9-17(12)20(2,3)25)15-8-16-14(6-7-18(21)24)10-22-19(16)23-11-15/h4-11,25H,1-3H3,(H2,21,24)(H,22,23)/b7-6+. The summed E-state index contributed by atoms with van der Waals surface area (Å²) < 4.78 is 0. The first-order valence-corrected chi connectivity index (χ1v) is 8.04. The molecule has 3 rings (SSSR count). The van der Waals surface area contributed by atoms with E-state index in [-0.39, 0.29) is 0 Å². The highest BCUT2D eigenvalue weighted by Gasteiger charge is 2.19. The van der Waals surface area contributed by atoms with E-state index in [1.807, 2.05) is 31.2 Å². The van der Waals surface area contributed by atoms with Crippen molar-refractivity contribution in [3.05, 3.63) is 59.4 Å². The molecule has 0 radical (unpaired) electrons. The molecule has 1 amide bonds. The van der Waals surface area contributed by atoms with E-state index < -0.39 is 11.5 Å². The predicted molar refractivity (Wildman–Crippen MR) is 99.7 cm³/mol. The highest BCUT2D eigenvalue weighted by Crippen LogP contribution is 2.30. The van der Waals surface area contributed by atoms with Gasteiger partial charge in [0.1, 0.15) is 5.65 Å². The number of aromatic nitrogens is 2.